The van der Waals surface area contributed by atoms with Crippen LogP contribution in [0.25, 0.3) is 11.2 Å². The molecular formula is C6H5IN4. The molecule has 0 unspecified atom stereocenters. The number of hydrogen-bond acceptors (Lipinski definition) is 3. The molecule has 0 aliphatic rings. The topological polar surface area (TPSA) is 43.6 Å². The van der Waals surface area contributed by atoms with Gasteiger partial charge in [0.25, 0.3) is 0 Å². The summed E-state index contributed by atoms with van der Waals surface area (Å²) in [6, 6.07) is 1.91. The van der Waals surface area contributed by atoms with Crippen molar-refractivity contribution in [3.8, 4) is 0 Å². The van der Waals surface area contributed by atoms with Crippen LogP contribution in [0.1, 0.15) is 0 Å². The Labute approximate surface area is 76.8 Å². The summed E-state index contributed by atoms with van der Waals surface area (Å²) in [7, 11) is 1.83. The molecule has 11 heavy (non-hydrogen) atoms. The fourth-order valence-corrected chi connectivity index (χ4v) is 1.41. The highest BCUT2D eigenvalue weighted by atomic mass is 127. The van der Waals surface area contributed by atoms with Crippen molar-refractivity contribution in [3.05, 3.63) is 15.8 Å². The second-order valence-electron chi connectivity index (χ2n) is 2.18. The van der Waals surface area contributed by atoms with E-state index in [9.17, 15) is 0 Å². The van der Waals surface area contributed by atoms with Gasteiger partial charge in [0.05, 0.1) is 0 Å². The number of aryl methyl sites for hydroxylation is 1. The molecule has 2 aromatic rings. The lowest BCUT2D eigenvalue weighted by Crippen LogP contribution is -1.91. The smallest absolute Gasteiger partial charge is 0.179 e. The maximum atomic E-state index is 4.13. The number of nitrogens with zero attached hydrogens (tertiary/aromatic N) is 4. The van der Waals surface area contributed by atoms with Gasteiger partial charge in [0.2, 0.25) is 0 Å². The number of rotatable bonds is 0. The average molecular weight is 260 g/mol. The highest BCUT2D eigenvalue weighted by Gasteiger charge is 2.03. The van der Waals surface area contributed by atoms with Crippen LogP contribution >= 0.6 is 22.6 Å². The molecular weight excluding hydrogens is 255 g/mol. The summed E-state index contributed by atoms with van der Waals surface area (Å²) in [6.45, 7) is 0. The summed E-state index contributed by atoms with van der Waals surface area (Å²) in [5.74, 6) is 0. The van der Waals surface area contributed by atoms with Crippen LogP contribution in [0, 0.1) is 3.57 Å². The molecule has 0 spiro atoms. The Kier molecular flexibility index (Phi) is 1.52. The molecule has 0 bridgehead atoms. The monoisotopic (exact) mass is 260 g/mol. The van der Waals surface area contributed by atoms with E-state index in [1.165, 1.54) is 0 Å². The second-order valence-corrected chi connectivity index (χ2v) is 3.34. The zero-order valence-corrected chi connectivity index (χ0v) is 7.98. The molecule has 0 aromatic carbocycles. The van der Waals surface area contributed by atoms with E-state index in [1.807, 2.05) is 13.1 Å². The van der Waals surface area contributed by atoms with Crippen molar-refractivity contribution in [1.82, 2.24) is 20.0 Å². The van der Waals surface area contributed by atoms with Gasteiger partial charge in [0.15, 0.2) is 5.65 Å². The third-order valence-electron chi connectivity index (χ3n) is 1.44. The van der Waals surface area contributed by atoms with E-state index in [1.54, 1.807) is 10.9 Å². The lowest BCUT2D eigenvalue weighted by Gasteiger charge is -1.90. The molecule has 2 rings (SSSR count). The number of halogens is 1. The third-order valence-corrected chi connectivity index (χ3v) is 2.31. The maximum Gasteiger partial charge on any atom is 0.179 e. The van der Waals surface area contributed by atoms with Gasteiger partial charge in [-0.25, -0.2) is 9.67 Å². The van der Waals surface area contributed by atoms with Crippen LogP contribution in [0.5, 0.6) is 0 Å². The molecule has 0 aliphatic heterocycles. The first-order chi connectivity index (χ1) is 5.29. The predicted octanol–water partition coefficient (Wildman–Crippen LogP) is 0.968. The van der Waals surface area contributed by atoms with Crippen molar-refractivity contribution >= 4 is 33.8 Å². The van der Waals surface area contributed by atoms with Gasteiger partial charge in [-0.1, -0.05) is 5.21 Å². The molecule has 0 saturated heterocycles. The predicted molar refractivity (Wildman–Crippen MR) is 49.0 cm³/mol. The molecule has 0 saturated carbocycles. The van der Waals surface area contributed by atoms with Gasteiger partial charge in [-0.3, -0.25) is 0 Å². The van der Waals surface area contributed by atoms with Crippen molar-refractivity contribution < 1.29 is 0 Å². The Balaban J connectivity index is 2.94. The number of fused-ring (bicyclic) bond motifs is 1. The average Bonchev–Trinajstić information content (AvgIpc) is 2.35. The second kappa shape index (κ2) is 2.40. The molecule has 2 heterocycles. The van der Waals surface area contributed by atoms with Crippen LogP contribution < -0.4 is 0 Å². The standard InChI is InChI=1S/C6H5IN4/c1-11-6-5(9-10-11)4(7)2-3-8-6/h2-3H,1H3. The molecule has 0 amide bonds. The molecule has 0 fully saturated rings. The fourth-order valence-electron chi connectivity index (χ4n) is 0.904. The lowest BCUT2D eigenvalue weighted by atomic mass is 10.4. The minimum Gasteiger partial charge on any atom is -0.235 e. The van der Waals surface area contributed by atoms with Gasteiger partial charge in [0, 0.05) is 16.8 Å². The quantitative estimate of drug-likeness (QED) is 0.663. The number of hydrogen-bond donors (Lipinski definition) is 0. The van der Waals surface area contributed by atoms with Crippen LogP contribution in [-0.2, 0) is 7.05 Å². The van der Waals surface area contributed by atoms with Crippen molar-refractivity contribution in [2.45, 2.75) is 0 Å². The lowest BCUT2D eigenvalue weighted by molar-refractivity contribution is 0.730. The Morgan fingerprint density at radius 3 is 3.09 bits per heavy atom. The summed E-state index contributed by atoms with van der Waals surface area (Å²) in [6.07, 6.45) is 1.76. The van der Waals surface area contributed by atoms with Gasteiger partial charge >= 0.3 is 0 Å². The first-order valence-electron chi connectivity index (χ1n) is 3.09. The van der Waals surface area contributed by atoms with E-state index in [-0.39, 0.29) is 0 Å². The van der Waals surface area contributed by atoms with E-state index < -0.39 is 0 Å². The Bertz CT molecular complexity index is 394. The van der Waals surface area contributed by atoms with Gasteiger partial charge in [-0.15, -0.1) is 5.10 Å². The highest BCUT2D eigenvalue weighted by molar-refractivity contribution is 14.1. The summed E-state index contributed by atoms with van der Waals surface area (Å²) >= 11 is 2.22. The van der Waals surface area contributed by atoms with Gasteiger partial charge in [-0.05, 0) is 28.7 Å². The van der Waals surface area contributed by atoms with Crippen LogP contribution in [0.3, 0.4) is 0 Å². The van der Waals surface area contributed by atoms with E-state index in [0.29, 0.717) is 0 Å². The van der Waals surface area contributed by atoms with Gasteiger partial charge in [0.1, 0.15) is 5.52 Å². The van der Waals surface area contributed by atoms with Crippen LogP contribution in [0.2, 0.25) is 0 Å². The summed E-state index contributed by atoms with van der Waals surface area (Å²) < 4.78 is 2.75. The molecule has 4 nitrogen and oxygen atoms in total. The zero-order valence-electron chi connectivity index (χ0n) is 5.82. The minimum absolute atomic E-state index is 0.830. The molecule has 0 atom stereocenters. The van der Waals surface area contributed by atoms with Crippen LogP contribution in [0.4, 0.5) is 0 Å². The van der Waals surface area contributed by atoms with Crippen molar-refractivity contribution in [2.75, 3.05) is 0 Å². The maximum absolute atomic E-state index is 4.13. The van der Waals surface area contributed by atoms with E-state index in [0.717, 1.165) is 14.7 Å². The van der Waals surface area contributed by atoms with E-state index in [4.69, 9.17) is 0 Å². The highest BCUT2D eigenvalue weighted by Crippen LogP contribution is 2.13. The fraction of sp³-hybridized carbons (Fsp3) is 0.167. The summed E-state index contributed by atoms with van der Waals surface area (Å²) in [5.41, 5.74) is 1.70. The SMILES string of the molecule is Cn1nnc2c(I)ccnc21. The summed E-state index contributed by atoms with van der Waals surface area (Å²) in [4.78, 5) is 4.13. The zero-order chi connectivity index (χ0) is 7.84. The van der Waals surface area contributed by atoms with Gasteiger partial charge < -0.3 is 0 Å². The van der Waals surface area contributed by atoms with E-state index in [2.05, 4.69) is 37.9 Å². The Morgan fingerprint density at radius 1 is 1.55 bits per heavy atom. The van der Waals surface area contributed by atoms with Crippen molar-refractivity contribution in [1.29, 1.82) is 0 Å². The van der Waals surface area contributed by atoms with Crippen LogP contribution in [0.15, 0.2) is 12.3 Å². The Morgan fingerprint density at radius 2 is 2.36 bits per heavy atom. The summed E-state index contributed by atoms with van der Waals surface area (Å²) in [5, 5.41) is 7.82. The minimum atomic E-state index is 0.830. The first kappa shape index (κ1) is 6.96. The van der Waals surface area contributed by atoms with Crippen LogP contribution in [-0.4, -0.2) is 20.0 Å². The molecule has 0 N–H and O–H groups in total. The Hall–Kier alpha value is -0.720. The molecule has 56 valence electrons. The molecule has 0 radical (unpaired) electrons. The normalized spacial score (nSPS) is 10.7. The van der Waals surface area contributed by atoms with Crippen molar-refractivity contribution in [2.24, 2.45) is 7.05 Å². The largest absolute Gasteiger partial charge is 0.235 e. The van der Waals surface area contributed by atoms with Gasteiger partial charge in [-0.2, -0.15) is 0 Å². The van der Waals surface area contributed by atoms with Crippen molar-refractivity contribution in [3.63, 3.8) is 0 Å². The molecule has 5 heteroatoms. The number of aromatic nitrogens is 4. The number of pyridine rings is 1. The van der Waals surface area contributed by atoms with E-state index >= 15 is 0 Å². The third kappa shape index (κ3) is 0.991. The molecule has 2 aromatic heterocycles. The first-order valence-corrected chi connectivity index (χ1v) is 4.17. The molecule has 0 aliphatic carbocycles.